The predicted octanol–water partition coefficient (Wildman–Crippen LogP) is 6.85. The van der Waals surface area contributed by atoms with Gasteiger partial charge in [0.1, 0.15) is 5.70 Å². The van der Waals surface area contributed by atoms with E-state index in [1.165, 1.54) is 11.8 Å². The van der Waals surface area contributed by atoms with Crippen LogP contribution in [0.2, 0.25) is 0 Å². The van der Waals surface area contributed by atoms with Gasteiger partial charge in [-0.15, -0.1) is 11.8 Å². The summed E-state index contributed by atoms with van der Waals surface area (Å²) in [5, 5.41) is 8.42. The zero-order chi connectivity index (χ0) is 33.6. The first-order valence-electron chi connectivity index (χ1n) is 15.2. The van der Waals surface area contributed by atoms with Gasteiger partial charge in [-0.05, 0) is 90.9 Å². The normalized spacial score (nSPS) is 10.9. The third-order valence-corrected chi connectivity index (χ3v) is 7.88. The fourth-order valence-electron chi connectivity index (χ4n) is 4.24. The highest BCUT2D eigenvalue weighted by atomic mass is 32.2. The number of rotatable bonds is 14. The highest BCUT2D eigenvalue weighted by molar-refractivity contribution is 8.00. The van der Waals surface area contributed by atoms with Gasteiger partial charge in [0.05, 0.1) is 17.9 Å². The maximum Gasteiger partial charge on any atom is 0.338 e. The second kappa shape index (κ2) is 17.4. The van der Waals surface area contributed by atoms with E-state index in [2.05, 4.69) is 16.0 Å². The Morgan fingerprint density at radius 2 is 1.40 bits per heavy atom. The molecule has 0 fully saturated rings. The molecule has 4 aromatic carbocycles. The second-order valence-electron chi connectivity index (χ2n) is 10.7. The molecular formula is C37H38N4O5S. The van der Waals surface area contributed by atoms with Crippen molar-refractivity contribution in [2.45, 2.75) is 24.7 Å². The Morgan fingerprint density at radius 3 is 2.04 bits per heavy atom. The van der Waals surface area contributed by atoms with Crippen LogP contribution in [0.1, 0.15) is 46.0 Å². The molecule has 0 aliphatic carbocycles. The minimum absolute atomic E-state index is 0.0907. The molecule has 0 saturated carbocycles. The van der Waals surface area contributed by atoms with Crippen LogP contribution in [0.4, 0.5) is 17.1 Å². The van der Waals surface area contributed by atoms with E-state index in [-0.39, 0.29) is 23.3 Å². The van der Waals surface area contributed by atoms with Gasteiger partial charge in [-0.25, -0.2) is 4.79 Å². The summed E-state index contributed by atoms with van der Waals surface area (Å²) < 4.78 is 5.21. The molecule has 0 atom stereocenters. The molecule has 10 heteroatoms. The lowest BCUT2D eigenvalue weighted by Gasteiger charge is -2.13. The molecule has 0 spiro atoms. The SMILES string of the molecule is CCCCOC(=O)c1ccc(NC(=O)CSc2ccc(NC(=O)/C(=C/c3ccc(N(C)C)cc3)NC(=O)c3ccccc3)cc2)cc1. The predicted molar refractivity (Wildman–Crippen MR) is 189 cm³/mol. The minimum atomic E-state index is -0.481. The standard InChI is InChI=1S/C37H38N4O5S/c1-4-5-23-46-37(45)28-13-15-29(16-14-28)38-34(42)25-47-32-21-17-30(18-22-32)39-36(44)33(40-35(43)27-9-7-6-8-10-27)24-26-11-19-31(20-12-26)41(2)3/h6-22,24H,4-5,23,25H2,1-3H3,(H,38,42)(H,39,44)(H,40,43)/b33-24-. The lowest BCUT2D eigenvalue weighted by Crippen LogP contribution is -2.30. The van der Waals surface area contributed by atoms with Crippen LogP contribution in [0.3, 0.4) is 0 Å². The Balaban J connectivity index is 1.34. The van der Waals surface area contributed by atoms with Gasteiger partial charge in [-0.1, -0.05) is 43.7 Å². The van der Waals surface area contributed by atoms with Crippen molar-refractivity contribution in [3.63, 3.8) is 0 Å². The van der Waals surface area contributed by atoms with Crippen LogP contribution in [-0.4, -0.2) is 50.1 Å². The number of ether oxygens (including phenoxy) is 1. The van der Waals surface area contributed by atoms with Gasteiger partial charge in [-0.2, -0.15) is 0 Å². The molecular weight excluding hydrogens is 612 g/mol. The number of carbonyl (C=O) groups is 4. The van der Waals surface area contributed by atoms with Gasteiger partial charge >= 0.3 is 5.97 Å². The van der Waals surface area contributed by atoms with E-state index in [1.54, 1.807) is 78.9 Å². The molecule has 0 bridgehead atoms. The van der Waals surface area contributed by atoms with Crippen molar-refractivity contribution in [2.24, 2.45) is 0 Å². The molecule has 0 unspecified atom stereocenters. The number of unbranched alkanes of at least 4 members (excludes halogenated alkanes) is 1. The third kappa shape index (κ3) is 10.9. The van der Waals surface area contributed by atoms with Crippen LogP contribution in [-0.2, 0) is 14.3 Å². The number of esters is 1. The lowest BCUT2D eigenvalue weighted by atomic mass is 10.1. The number of benzene rings is 4. The van der Waals surface area contributed by atoms with Gasteiger partial charge in [0.15, 0.2) is 0 Å². The molecule has 4 aromatic rings. The van der Waals surface area contributed by atoms with Crippen LogP contribution in [0.5, 0.6) is 0 Å². The van der Waals surface area contributed by atoms with Crippen molar-refractivity contribution in [3.05, 3.63) is 126 Å². The van der Waals surface area contributed by atoms with Crippen LogP contribution in [0.15, 0.2) is 114 Å². The first kappa shape index (κ1) is 34.5. The van der Waals surface area contributed by atoms with Crippen LogP contribution < -0.4 is 20.9 Å². The van der Waals surface area contributed by atoms with E-state index in [0.29, 0.717) is 29.1 Å². The lowest BCUT2D eigenvalue weighted by molar-refractivity contribution is -0.114. The Bertz CT molecular complexity index is 1690. The number of hydrogen-bond donors (Lipinski definition) is 3. The van der Waals surface area contributed by atoms with E-state index in [4.69, 9.17) is 4.74 Å². The van der Waals surface area contributed by atoms with Crippen molar-refractivity contribution in [1.29, 1.82) is 0 Å². The second-order valence-corrected chi connectivity index (χ2v) is 11.8. The Morgan fingerprint density at radius 1 is 0.766 bits per heavy atom. The van der Waals surface area contributed by atoms with Crippen LogP contribution in [0.25, 0.3) is 6.08 Å². The maximum atomic E-state index is 13.4. The molecule has 3 amide bonds. The minimum Gasteiger partial charge on any atom is -0.462 e. The molecule has 0 aliphatic rings. The average Bonchev–Trinajstić information content (AvgIpc) is 3.08. The van der Waals surface area contributed by atoms with Crippen molar-refractivity contribution in [2.75, 3.05) is 42.0 Å². The molecule has 0 aliphatic heterocycles. The molecule has 0 heterocycles. The van der Waals surface area contributed by atoms with Crippen molar-refractivity contribution < 1.29 is 23.9 Å². The summed E-state index contributed by atoms with van der Waals surface area (Å²) in [7, 11) is 3.89. The fraction of sp³-hybridized carbons (Fsp3) is 0.189. The zero-order valence-electron chi connectivity index (χ0n) is 26.6. The highest BCUT2D eigenvalue weighted by Gasteiger charge is 2.16. The molecule has 9 nitrogen and oxygen atoms in total. The number of thioether (sulfide) groups is 1. The molecule has 47 heavy (non-hydrogen) atoms. The smallest absolute Gasteiger partial charge is 0.338 e. The number of carbonyl (C=O) groups excluding carboxylic acids is 4. The van der Waals surface area contributed by atoms with Crippen LogP contribution >= 0.6 is 11.8 Å². The van der Waals surface area contributed by atoms with Gasteiger partial charge in [-0.3, -0.25) is 14.4 Å². The van der Waals surface area contributed by atoms with E-state index >= 15 is 0 Å². The number of hydrogen-bond acceptors (Lipinski definition) is 7. The van der Waals surface area contributed by atoms with Gasteiger partial charge in [0.2, 0.25) is 5.91 Å². The highest BCUT2D eigenvalue weighted by Crippen LogP contribution is 2.22. The first-order chi connectivity index (χ1) is 22.7. The zero-order valence-corrected chi connectivity index (χ0v) is 27.4. The van der Waals surface area contributed by atoms with E-state index in [0.717, 1.165) is 29.0 Å². The van der Waals surface area contributed by atoms with Gasteiger partial charge < -0.3 is 25.6 Å². The average molecular weight is 651 g/mol. The van der Waals surface area contributed by atoms with Gasteiger partial charge in [0, 0.05) is 41.6 Å². The molecule has 0 radical (unpaired) electrons. The number of anilines is 3. The fourth-order valence-corrected chi connectivity index (χ4v) is 4.94. The summed E-state index contributed by atoms with van der Waals surface area (Å²) in [4.78, 5) is 53.7. The molecule has 242 valence electrons. The maximum absolute atomic E-state index is 13.4. The summed E-state index contributed by atoms with van der Waals surface area (Å²) in [6, 6.07) is 30.0. The quantitative estimate of drug-likeness (QED) is 0.0592. The Labute approximate surface area is 279 Å². The summed E-state index contributed by atoms with van der Waals surface area (Å²) in [5.74, 6) is -1.30. The molecule has 3 N–H and O–H groups in total. The Kier molecular flexibility index (Phi) is 12.8. The topological polar surface area (TPSA) is 117 Å². The summed E-state index contributed by atoms with van der Waals surface area (Å²) in [6.07, 6.45) is 3.39. The molecule has 0 aromatic heterocycles. The largest absolute Gasteiger partial charge is 0.462 e. The molecule has 0 saturated heterocycles. The number of amides is 3. The van der Waals surface area contributed by atoms with E-state index < -0.39 is 11.8 Å². The van der Waals surface area contributed by atoms with Gasteiger partial charge in [0.25, 0.3) is 11.8 Å². The van der Waals surface area contributed by atoms with E-state index in [1.807, 2.05) is 56.3 Å². The summed E-state index contributed by atoms with van der Waals surface area (Å²) in [5.41, 5.74) is 3.82. The number of nitrogens with one attached hydrogen (secondary N) is 3. The first-order valence-corrected chi connectivity index (χ1v) is 16.2. The van der Waals surface area contributed by atoms with Crippen molar-refractivity contribution >= 4 is 58.6 Å². The summed E-state index contributed by atoms with van der Waals surface area (Å²) >= 11 is 1.34. The van der Waals surface area contributed by atoms with Crippen molar-refractivity contribution in [1.82, 2.24) is 5.32 Å². The molecule has 4 rings (SSSR count). The van der Waals surface area contributed by atoms with Crippen LogP contribution in [0, 0.1) is 0 Å². The third-order valence-electron chi connectivity index (χ3n) is 6.87. The Hall–Kier alpha value is -5.35. The monoisotopic (exact) mass is 650 g/mol. The number of nitrogens with zero attached hydrogens (tertiary/aromatic N) is 1. The van der Waals surface area contributed by atoms with Crippen molar-refractivity contribution in [3.8, 4) is 0 Å². The van der Waals surface area contributed by atoms with E-state index in [9.17, 15) is 19.2 Å². The summed E-state index contributed by atoms with van der Waals surface area (Å²) in [6.45, 7) is 2.41.